The molecule has 2 saturated heterocycles. The van der Waals surface area contributed by atoms with Gasteiger partial charge in [0, 0.05) is 31.9 Å². The van der Waals surface area contributed by atoms with Gasteiger partial charge in [0.15, 0.2) is 12.2 Å². The van der Waals surface area contributed by atoms with Crippen molar-refractivity contribution in [1.29, 1.82) is 5.26 Å². The zero-order valence-corrected chi connectivity index (χ0v) is 21.6. The Balaban J connectivity index is 1.12. The van der Waals surface area contributed by atoms with E-state index in [1.807, 2.05) is 11.0 Å². The third kappa shape index (κ3) is 4.00. The molecule has 1 N–H and O–H groups in total. The van der Waals surface area contributed by atoms with Crippen molar-refractivity contribution in [2.24, 2.45) is 16.8 Å². The van der Waals surface area contributed by atoms with Crippen molar-refractivity contribution in [2.75, 3.05) is 36.9 Å². The Hall–Kier alpha value is -4.67. The molecule has 14 heteroatoms. The normalized spacial score (nSPS) is 26.9. The molecule has 5 atom stereocenters. The first-order chi connectivity index (χ1) is 19.1. The van der Waals surface area contributed by atoms with Crippen molar-refractivity contribution >= 4 is 35.8 Å². The summed E-state index contributed by atoms with van der Waals surface area (Å²) >= 11 is 0. The predicted molar refractivity (Wildman–Crippen MR) is 138 cm³/mol. The number of carbonyl (C=O) groups excluding carboxylic acids is 3. The third-order valence-corrected chi connectivity index (χ3v) is 8.03. The number of anilines is 2. The van der Waals surface area contributed by atoms with Gasteiger partial charge in [0.05, 0.1) is 29.9 Å². The third-order valence-electron chi connectivity index (χ3n) is 8.03. The van der Waals surface area contributed by atoms with Crippen LogP contribution in [0.1, 0.15) is 6.92 Å². The van der Waals surface area contributed by atoms with Crippen molar-refractivity contribution in [2.45, 2.75) is 31.1 Å². The van der Waals surface area contributed by atoms with Gasteiger partial charge in [-0.25, -0.2) is 33.4 Å². The molecule has 3 fully saturated rings. The van der Waals surface area contributed by atoms with E-state index in [1.54, 1.807) is 43.5 Å². The lowest BCUT2D eigenvalue weighted by Crippen LogP contribution is -2.66. The summed E-state index contributed by atoms with van der Waals surface area (Å²) in [6, 6.07) is 8.10. The fourth-order valence-corrected chi connectivity index (χ4v) is 5.58. The lowest BCUT2D eigenvalue weighted by atomic mass is 10.1. The fourth-order valence-electron chi connectivity index (χ4n) is 5.58. The molecule has 0 bridgehead atoms. The van der Waals surface area contributed by atoms with E-state index >= 15 is 0 Å². The molecule has 2 aromatic rings. The molecular weight excluding hydrogens is 524 g/mol. The molecule has 0 radical (unpaired) electrons. The summed E-state index contributed by atoms with van der Waals surface area (Å²) in [4.78, 5) is 57.3. The van der Waals surface area contributed by atoms with Gasteiger partial charge in [0.1, 0.15) is 24.2 Å². The molecule has 4 amide bonds. The van der Waals surface area contributed by atoms with E-state index in [4.69, 9.17) is 5.26 Å². The van der Waals surface area contributed by atoms with Crippen molar-refractivity contribution in [1.82, 2.24) is 24.7 Å². The zero-order valence-electron chi connectivity index (χ0n) is 21.6. The lowest BCUT2D eigenvalue weighted by molar-refractivity contribution is -0.138. The number of imide groups is 1. The Morgan fingerprint density at radius 2 is 1.98 bits per heavy atom. The van der Waals surface area contributed by atoms with Crippen molar-refractivity contribution < 1.29 is 23.2 Å². The first kappa shape index (κ1) is 25.6. The van der Waals surface area contributed by atoms with Gasteiger partial charge in [-0.15, -0.1) is 0 Å². The summed E-state index contributed by atoms with van der Waals surface area (Å²) < 4.78 is 27.0. The van der Waals surface area contributed by atoms with E-state index in [0.717, 1.165) is 4.90 Å². The fraction of sp³-hybridized carbons (Fsp3) is 0.423. The molecule has 206 valence electrons. The number of nitrogens with zero attached hydrogens (tertiary/aromatic N) is 8. The largest absolute Gasteiger partial charge is 0.356 e. The molecule has 3 aliphatic heterocycles. The van der Waals surface area contributed by atoms with Gasteiger partial charge in [0.25, 0.3) is 11.8 Å². The Morgan fingerprint density at radius 1 is 1.23 bits per heavy atom. The molecule has 5 heterocycles. The Morgan fingerprint density at radius 3 is 2.65 bits per heavy atom. The molecule has 0 aromatic carbocycles. The highest BCUT2D eigenvalue weighted by atomic mass is 19.3. The minimum absolute atomic E-state index is 0.279. The molecule has 1 aliphatic carbocycles. The standard InChI is InChI=1S/C26H25F2N9O3/c1-14(37-13-31-22-21(37)24(39)36(9-8-29)25(40)34(22)2)23(38)33-19-5-3-4-18(32-19)15-6-7-20(30-10-15)35-11-16-17(12-35)26(16,27)28/h3-7,10,13-14,16-17,21-22H,9,11-12H2,1-2H3,(H,32,33,38)/t14-,16?,17?,21?,22?/m0/s1. The van der Waals surface area contributed by atoms with Gasteiger partial charge < -0.3 is 20.0 Å². The van der Waals surface area contributed by atoms with Crippen LogP contribution >= 0.6 is 0 Å². The number of pyridine rings is 2. The Bertz CT molecular complexity index is 1450. The predicted octanol–water partition coefficient (Wildman–Crippen LogP) is 1.63. The number of likely N-dealkylation sites (N-methyl/N-ethyl adjacent to an activating group) is 1. The van der Waals surface area contributed by atoms with E-state index in [9.17, 15) is 23.2 Å². The second-order valence-corrected chi connectivity index (χ2v) is 10.3. The number of fused-ring (bicyclic) bond motifs is 2. The topological polar surface area (TPSA) is 138 Å². The minimum atomic E-state index is -2.55. The zero-order chi connectivity index (χ0) is 28.3. The van der Waals surface area contributed by atoms with Crippen LogP contribution in [0.5, 0.6) is 0 Å². The van der Waals surface area contributed by atoms with E-state index in [-0.39, 0.29) is 5.82 Å². The van der Waals surface area contributed by atoms with Crippen LogP contribution in [0.4, 0.5) is 25.2 Å². The van der Waals surface area contributed by atoms with Crippen molar-refractivity contribution in [3.63, 3.8) is 0 Å². The van der Waals surface area contributed by atoms with E-state index in [2.05, 4.69) is 20.3 Å². The van der Waals surface area contributed by atoms with Gasteiger partial charge in [-0.3, -0.25) is 9.59 Å². The number of halogens is 2. The maximum Gasteiger partial charge on any atom is 0.329 e. The Labute approximate surface area is 227 Å². The highest BCUT2D eigenvalue weighted by molar-refractivity contribution is 6.03. The molecule has 2 aromatic heterocycles. The highest BCUT2D eigenvalue weighted by Gasteiger charge is 2.71. The van der Waals surface area contributed by atoms with Crippen LogP contribution in [0.3, 0.4) is 0 Å². The summed E-state index contributed by atoms with van der Waals surface area (Å²) in [7, 11) is 1.49. The quantitative estimate of drug-likeness (QED) is 0.537. The van der Waals surface area contributed by atoms with Gasteiger partial charge in [-0.05, 0) is 31.2 Å². The Kier molecular flexibility index (Phi) is 5.90. The number of aliphatic imine (C=N–C) groups is 1. The molecular formula is C26H25F2N9O3. The van der Waals surface area contributed by atoms with Crippen LogP contribution < -0.4 is 10.2 Å². The molecule has 4 unspecified atom stereocenters. The van der Waals surface area contributed by atoms with E-state index in [0.29, 0.717) is 30.2 Å². The SMILES string of the molecule is C[C@@H](C(=O)Nc1cccc(-c2ccc(N3CC4C(C3)C4(F)F)nc2)n1)N1C=NC2C1C(=O)N(CC#N)C(=O)N2C. The van der Waals surface area contributed by atoms with E-state index in [1.165, 1.54) is 23.2 Å². The van der Waals surface area contributed by atoms with Gasteiger partial charge in [-0.2, -0.15) is 5.26 Å². The molecule has 0 spiro atoms. The van der Waals surface area contributed by atoms with E-state index < -0.39 is 60.4 Å². The molecule has 1 saturated carbocycles. The minimum Gasteiger partial charge on any atom is -0.356 e. The first-order valence-corrected chi connectivity index (χ1v) is 12.7. The monoisotopic (exact) mass is 549 g/mol. The number of nitrogens with one attached hydrogen (secondary N) is 1. The summed E-state index contributed by atoms with van der Waals surface area (Å²) in [6.45, 7) is 1.79. The summed E-state index contributed by atoms with van der Waals surface area (Å²) in [5, 5.41) is 11.8. The van der Waals surface area contributed by atoms with Crippen LogP contribution in [-0.2, 0) is 9.59 Å². The highest BCUT2D eigenvalue weighted by Crippen LogP contribution is 2.59. The number of hydrogen-bond donors (Lipinski definition) is 1. The van der Waals surface area contributed by atoms with Gasteiger partial charge >= 0.3 is 6.03 Å². The van der Waals surface area contributed by atoms with Crippen LogP contribution in [-0.4, -0.2) is 99.7 Å². The number of aromatic nitrogens is 2. The van der Waals surface area contributed by atoms with Crippen LogP contribution in [0.25, 0.3) is 11.3 Å². The summed E-state index contributed by atoms with van der Waals surface area (Å²) in [5.41, 5.74) is 1.24. The van der Waals surface area contributed by atoms with Gasteiger partial charge in [-0.1, -0.05) is 6.07 Å². The van der Waals surface area contributed by atoms with Gasteiger partial charge in [0.2, 0.25) is 5.91 Å². The first-order valence-electron chi connectivity index (χ1n) is 12.7. The number of nitriles is 1. The molecule has 6 rings (SSSR count). The van der Waals surface area contributed by atoms with Crippen LogP contribution in [0.2, 0.25) is 0 Å². The number of urea groups is 1. The number of rotatable bonds is 6. The maximum absolute atomic E-state index is 13.5. The summed E-state index contributed by atoms with van der Waals surface area (Å²) in [5.74, 6) is -3.86. The number of alkyl halides is 2. The maximum atomic E-state index is 13.5. The van der Waals surface area contributed by atoms with Crippen molar-refractivity contribution in [3.05, 3.63) is 36.5 Å². The number of amides is 4. The second-order valence-electron chi connectivity index (χ2n) is 10.3. The molecule has 40 heavy (non-hydrogen) atoms. The molecule has 4 aliphatic rings. The number of piperidine rings is 1. The lowest BCUT2D eigenvalue weighted by Gasteiger charge is -2.41. The number of hydrogen-bond acceptors (Lipinski definition) is 9. The average molecular weight is 550 g/mol. The molecule has 12 nitrogen and oxygen atoms in total. The smallest absolute Gasteiger partial charge is 0.329 e. The van der Waals surface area contributed by atoms with Crippen LogP contribution in [0.15, 0.2) is 41.5 Å². The van der Waals surface area contributed by atoms with Crippen LogP contribution in [0, 0.1) is 23.2 Å². The van der Waals surface area contributed by atoms with Crippen molar-refractivity contribution in [3.8, 4) is 17.3 Å². The number of carbonyl (C=O) groups is 3. The average Bonchev–Trinajstić information content (AvgIpc) is 3.38. The second kappa shape index (κ2) is 9.22. The summed E-state index contributed by atoms with van der Waals surface area (Å²) in [6.07, 6.45) is 2.19.